The summed E-state index contributed by atoms with van der Waals surface area (Å²) in [6, 6.07) is 9.62. The Morgan fingerprint density at radius 1 is 1.17 bits per heavy atom. The average Bonchev–Trinajstić information content (AvgIpc) is 2.75. The Bertz CT molecular complexity index is 707. The van der Waals surface area contributed by atoms with E-state index in [1.807, 2.05) is 37.3 Å². The number of nitrogens with one attached hydrogen (secondary N) is 1. The second-order valence-corrected chi connectivity index (χ2v) is 4.89. The Balaban J connectivity index is 1.96. The Hall–Kier alpha value is -2.08. The van der Waals surface area contributed by atoms with Gasteiger partial charge in [0.15, 0.2) is 0 Å². The molecule has 0 radical (unpaired) electrons. The van der Waals surface area contributed by atoms with Gasteiger partial charge in [-0.3, -0.25) is 5.10 Å². The summed E-state index contributed by atoms with van der Waals surface area (Å²) in [6.07, 6.45) is 0. The highest BCUT2D eigenvalue weighted by atomic mass is 32.2. The Kier molecular flexibility index (Phi) is 2.64. The standard InChI is InChI=1S/C12H11N5S/c1-7-14-12(17-16-7)18-11-5-2-8-6-9(13)3-4-10(8)15-11/h2-6H,13H2,1H3,(H,14,16,17). The highest BCUT2D eigenvalue weighted by molar-refractivity contribution is 7.99. The molecule has 0 bridgehead atoms. The van der Waals surface area contributed by atoms with Crippen LogP contribution in [0.3, 0.4) is 0 Å². The largest absolute Gasteiger partial charge is 0.399 e. The number of nitrogens with zero attached hydrogens (tertiary/aromatic N) is 3. The third-order valence-corrected chi connectivity index (χ3v) is 3.26. The number of aryl methyl sites for hydroxylation is 1. The Labute approximate surface area is 108 Å². The number of hydrogen-bond acceptors (Lipinski definition) is 5. The van der Waals surface area contributed by atoms with E-state index in [4.69, 9.17) is 5.73 Å². The van der Waals surface area contributed by atoms with Gasteiger partial charge in [-0.25, -0.2) is 9.97 Å². The lowest BCUT2D eigenvalue weighted by Gasteiger charge is -2.01. The molecule has 18 heavy (non-hydrogen) atoms. The highest BCUT2D eigenvalue weighted by Gasteiger charge is 2.05. The first-order valence-electron chi connectivity index (χ1n) is 5.44. The Morgan fingerprint density at radius 3 is 2.83 bits per heavy atom. The zero-order chi connectivity index (χ0) is 12.5. The molecule has 0 amide bonds. The lowest BCUT2D eigenvalue weighted by molar-refractivity contribution is 0.966. The van der Waals surface area contributed by atoms with Crippen LogP contribution in [0.2, 0.25) is 0 Å². The summed E-state index contributed by atoms with van der Waals surface area (Å²) in [5.41, 5.74) is 7.39. The fourth-order valence-electron chi connectivity index (χ4n) is 1.64. The van der Waals surface area contributed by atoms with Crippen LogP contribution < -0.4 is 5.73 Å². The number of fused-ring (bicyclic) bond motifs is 1. The summed E-state index contributed by atoms with van der Waals surface area (Å²) in [7, 11) is 0. The van der Waals surface area contributed by atoms with Crippen molar-refractivity contribution >= 4 is 28.4 Å². The summed E-state index contributed by atoms with van der Waals surface area (Å²) in [6.45, 7) is 1.87. The van der Waals surface area contributed by atoms with Crippen LogP contribution in [0.4, 0.5) is 5.69 Å². The van der Waals surface area contributed by atoms with E-state index in [1.54, 1.807) is 0 Å². The van der Waals surface area contributed by atoms with Crippen LogP contribution in [0.1, 0.15) is 5.82 Å². The van der Waals surface area contributed by atoms with Crippen molar-refractivity contribution in [3.05, 3.63) is 36.2 Å². The van der Waals surface area contributed by atoms with E-state index in [9.17, 15) is 0 Å². The molecule has 0 saturated carbocycles. The molecule has 3 aromatic rings. The molecule has 0 fully saturated rings. The van der Waals surface area contributed by atoms with E-state index in [0.29, 0.717) is 5.16 Å². The van der Waals surface area contributed by atoms with Crippen molar-refractivity contribution in [2.75, 3.05) is 5.73 Å². The van der Waals surface area contributed by atoms with E-state index in [1.165, 1.54) is 11.8 Å². The summed E-state index contributed by atoms with van der Waals surface area (Å²) in [5.74, 6) is 0.797. The first-order chi connectivity index (χ1) is 8.70. The van der Waals surface area contributed by atoms with Gasteiger partial charge in [-0.2, -0.15) is 0 Å². The molecule has 5 nitrogen and oxygen atoms in total. The second-order valence-electron chi connectivity index (χ2n) is 3.91. The molecule has 0 aliphatic heterocycles. The predicted octanol–water partition coefficient (Wildman–Crippen LogP) is 2.39. The van der Waals surface area contributed by atoms with Gasteiger partial charge in [0.2, 0.25) is 5.16 Å². The van der Waals surface area contributed by atoms with Gasteiger partial charge in [0, 0.05) is 11.1 Å². The number of aromatic nitrogens is 4. The summed E-state index contributed by atoms with van der Waals surface area (Å²) in [5, 5.41) is 9.45. The summed E-state index contributed by atoms with van der Waals surface area (Å²) in [4.78, 5) is 8.77. The van der Waals surface area contributed by atoms with Crippen molar-refractivity contribution in [1.82, 2.24) is 20.2 Å². The van der Waals surface area contributed by atoms with Crippen molar-refractivity contribution in [3.8, 4) is 0 Å². The topological polar surface area (TPSA) is 80.5 Å². The van der Waals surface area contributed by atoms with Gasteiger partial charge < -0.3 is 5.73 Å². The molecule has 0 unspecified atom stereocenters. The minimum Gasteiger partial charge on any atom is -0.399 e. The first-order valence-corrected chi connectivity index (χ1v) is 6.25. The number of anilines is 1. The maximum absolute atomic E-state index is 5.73. The van der Waals surface area contributed by atoms with Gasteiger partial charge in [-0.1, -0.05) is 6.07 Å². The minimum absolute atomic E-state index is 0.676. The average molecular weight is 257 g/mol. The molecule has 0 aliphatic rings. The maximum atomic E-state index is 5.73. The van der Waals surface area contributed by atoms with E-state index >= 15 is 0 Å². The van der Waals surface area contributed by atoms with Crippen LogP contribution in [0, 0.1) is 6.92 Å². The first kappa shape index (κ1) is 11.0. The second kappa shape index (κ2) is 4.30. The van der Waals surface area contributed by atoms with E-state index < -0.39 is 0 Å². The van der Waals surface area contributed by atoms with Crippen LogP contribution in [0.25, 0.3) is 10.9 Å². The number of benzene rings is 1. The van der Waals surface area contributed by atoms with Crippen LogP contribution >= 0.6 is 11.8 Å². The monoisotopic (exact) mass is 257 g/mol. The number of rotatable bonds is 2. The number of aromatic amines is 1. The number of hydrogen-bond donors (Lipinski definition) is 2. The number of nitrogen functional groups attached to an aromatic ring is 1. The molecule has 90 valence electrons. The SMILES string of the molecule is Cc1nc(Sc2ccc3cc(N)ccc3n2)n[nH]1. The molecule has 2 aromatic heterocycles. The van der Waals surface area contributed by atoms with Crippen molar-refractivity contribution < 1.29 is 0 Å². The van der Waals surface area contributed by atoms with Crippen LogP contribution in [-0.4, -0.2) is 20.2 Å². The maximum Gasteiger partial charge on any atom is 0.214 e. The van der Waals surface area contributed by atoms with Crippen molar-refractivity contribution in [2.24, 2.45) is 0 Å². The zero-order valence-corrected chi connectivity index (χ0v) is 10.5. The quantitative estimate of drug-likeness (QED) is 0.689. The van der Waals surface area contributed by atoms with Crippen LogP contribution in [0.15, 0.2) is 40.5 Å². The number of H-pyrrole nitrogens is 1. The van der Waals surface area contributed by atoms with Crippen LogP contribution in [0.5, 0.6) is 0 Å². The molecule has 0 aliphatic carbocycles. The van der Waals surface area contributed by atoms with Crippen LogP contribution in [-0.2, 0) is 0 Å². The smallest absolute Gasteiger partial charge is 0.214 e. The minimum atomic E-state index is 0.676. The third-order valence-electron chi connectivity index (χ3n) is 2.46. The lowest BCUT2D eigenvalue weighted by atomic mass is 10.2. The van der Waals surface area contributed by atoms with Gasteiger partial charge in [0.05, 0.1) is 5.52 Å². The van der Waals surface area contributed by atoms with Crippen molar-refractivity contribution in [3.63, 3.8) is 0 Å². The molecular formula is C12H11N5S. The molecule has 0 spiro atoms. The van der Waals surface area contributed by atoms with Gasteiger partial charge in [0.25, 0.3) is 0 Å². The molecular weight excluding hydrogens is 246 g/mol. The van der Waals surface area contributed by atoms with Gasteiger partial charge in [-0.05, 0) is 43.0 Å². The van der Waals surface area contributed by atoms with E-state index in [0.717, 1.165) is 27.4 Å². The fourth-order valence-corrected chi connectivity index (χ4v) is 2.38. The number of pyridine rings is 1. The highest BCUT2D eigenvalue weighted by Crippen LogP contribution is 2.25. The molecule has 0 atom stereocenters. The van der Waals surface area contributed by atoms with Crippen molar-refractivity contribution in [2.45, 2.75) is 17.1 Å². The number of nitrogens with two attached hydrogens (primary N) is 1. The lowest BCUT2D eigenvalue weighted by Crippen LogP contribution is -1.87. The van der Waals surface area contributed by atoms with E-state index in [2.05, 4.69) is 20.2 Å². The molecule has 6 heteroatoms. The van der Waals surface area contributed by atoms with Gasteiger partial charge in [-0.15, -0.1) is 5.10 Å². The molecule has 3 rings (SSSR count). The predicted molar refractivity (Wildman–Crippen MR) is 71.4 cm³/mol. The molecule has 1 aromatic carbocycles. The fraction of sp³-hybridized carbons (Fsp3) is 0.0833. The van der Waals surface area contributed by atoms with Crippen molar-refractivity contribution in [1.29, 1.82) is 0 Å². The van der Waals surface area contributed by atoms with E-state index in [-0.39, 0.29) is 0 Å². The summed E-state index contributed by atoms with van der Waals surface area (Å²) < 4.78 is 0. The molecule has 3 N–H and O–H groups in total. The van der Waals surface area contributed by atoms with Gasteiger partial charge in [0.1, 0.15) is 10.9 Å². The zero-order valence-electron chi connectivity index (χ0n) is 9.71. The third kappa shape index (κ3) is 2.14. The molecule has 0 saturated heterocycles. The Morgan fingerprint density at radius 2 is 2.06 bits per heavy atom. The molecule has 2 heterocycles. The normalized spacial score (nSPS) is 10.9. The summed E-state index contributed by atoms with van der Waals surface area (Å²) >= 11 is 1.43. The van der Waals surface area contributed by atoms with Gasteiger partial charge >= 0.3 is 0 Å².